The van der Waals surface area contributed by atoms with Crippen molar-refractivity contribution in [3.63, 3.8) is 0 Å². The minimum atomic E-state index is -0.194. The molecule has 0 radical (unpaired) electrons. The van der Waals surface area contributed by atoms with Crippen LogP contribution in [-0.2, 0) is 5.41 Å². The molecule has 1 aliphatic carbocycles. The maximum Gasteiger partial charge on any atom is 0.160 e. The molecule has 0 amide bonds. The van der Waals surface area contributed by atoms with Crippen molar-refractivity contribution in [2.24, 2.45) is 0 Å². The van der Waals surface area contributed by atoms with Crippen LogP contribution >= 0.6 is 0 Å². The van der Waals surface area contributed by atoms with E-state index in [1.54, 1.807) is 0 Å². The maximum atomic E-state index is 5.27. The van der Waals surface area contributed by atoms with E-state index < -0.39 is 0 Å². The summed E-state index contributed by atoms with van der Waals surface area (Å²) >= 11 is 0. The molecule has 0 N–H and O–H groups in total. The zero-order valence-electron chi connectivity index (χ0n) is 27.6. The summed E-state index contributed by atoms with van der Waals surface area (Å²) in [6.07, 6.45) is 0. The van der Waals surface area contributed by atoms with E-state index in [0.29, 0.717) is 0 Å². The Balaban J connectivity index is 1.24. The standard InChI is InChI=1S/C47H34N2/c1-47(2)41-23-13-22-39(44(41)40-29-28-37-36(33-16-8-4-9-17-33)20-12-21-38(37)45(40)47)43-30-42(48-46(49-43)35-18-10-5-11-19-35)34-26-24-32(25-27-34)31-14-6-3-7-15-31/h3-30H,1-2H3. The molecule has 1 aromatic heterocycles. The summed E-state index contributed by atoms with van der Waals surface area (Å²) in [7, 11) is 0. The SMILES string of the molecule is CC1(C)c2cccc(-c3cc(-c4ccc(-c5ccccc5)cc4)nc(-c4ccccc4)n3)c2-c2ccc3c(-c4ccccc4)cccc3c21. The summed E-state index contributed by atoms with van der Waals surface area (Å²) in [5, 5.41) is 2.59. The van der Waals surface area contributed by atoms with Crippen molar-refractivity contribution in [2.75, 3.05) is 0 Å². The van der Waals surface area contributed by atoms with E-state index in [1.807, 2.05) is 18.2 Å². The maximum absolute atomic E-state index is 5.27. The molecule has 0 spiro atoms. The van der Waals surface area contributed by atoms with Crippen LogP contribution < -0.4 is 0 Å². The molecule has 2 heteroatoms. The van der Waals surface area contributed by atoms with Crippen molar-refractivity contribution in [2.45, 2.75) is 19.3 Å². The van der Waals surface area contributed by atoms with Gasteiger partial charge in [0.2, 0.25) is 0 Å². The van der Waals surface area contributed by atoms with Crippen LogP contribution in [0.2, 0.25) is 0 Å². The highest BCUT2D eigenvalue weighted by Crippen LogP contribution is 2.54. The summed E-state index contributed by atoms with van der Waals surface area (Å²) in [5.41, 5.74) is 15.0. The van der Waals surface area contributed by atoms with Gasteiger partial charge in [-0.15, -0.1) is 0 Å². The Labute approximate surface area is 287 Å². The van der Waals surface area contributed by atoms with E-state index in [0.717, 1.165) is 33.9 Å². The Kier molecular flexibility index (Phi) is 6.84. The molecular formula is C47H34N2. The predicted molar refractivity (Wildman–Crippen MR) is 204 cm³/mol. The van der Waals surface area contributed by atoms with E-state index in [9.17, 15) is 0 Å². The van der Waals surface area contributed by atoms with Crippen molar-refractivity contribution >= 4 is 10.8 Å². The van der Waals surface area contributed by atoms with Crippen molar-refractivity contribution in [3.05, 3.63) is 181 Å². The predicted octanol–water partition coefficient (Wildman–Crippen LogP) is 12.3. The molecule has 0 bridgehead atoms. The number of benzene rings is 7. The van der Waals surface area contributed by atoms with Crippen molar-refractivity contribution in [1.29, 1.82) is 0 Å². The molecule has 2 nitrogen and oxygen atoms in total. The first-order valence-corrected chi connectivity index (χ1v) is 16.9. The Morgan fingerprint density at radius 1 is 0.388 bits per heavy atom. The molecule has 0 aliphatic heterocycles. The second-order valence-electron chi connectivity index (χ2n) is 13.4. The van der Waals surface area contributed by atoms with Crippen LogP contribution in [0, 0.1) is 0 Å². The van der Waals surface area contributed by atoms with Gasteiger partial charge in [-0.05, 0) is 61.3 Å². The highest BCUT2D eigenvalue weighted by molar-refractivity contribution is 6.06. The summed E-state index contributed by atoms with van der Waals surface area (Å²) < 4.78 is 0. The average molecular weight is 627 g/mol. The molecule has 49 heavy (non-hydrogen) atoms. The van der Waals surface area contributed by atoms with Gasteiger partial charge in [-0.2, -0.15) is 0 Å². The van der Waals surface area contributed by atoms with Gasteiger partial charge in [0.25, 0.3) is 0 Å². The first-order valence-electron chi connectivity index (χ1n) is 16.9. The highest BCUT2D eigenvalue weighted by Gasteiger charge is 2.38. The summed E-state index contributed by atoms with van der Waals surface area (Å²) in [6, 6.07) is 60.5. The Morgan fingerprint density at radius 3 is 1.67 bits per heavy atom. The van der Waals surface area contributed by atoms with Gasteiger partial charge in [-0.3, -0.25) is 0 Å². The third-order valence-electron chi connectivity index (χ3n) is 10.1. The first kappa shape index (κ1) is 29.1. The fourth-order valence-electron chi connectivity index (χ4n) is 7.73. The summed E-state index contributed by atoms with van der Waals surface area (Å²) in [6.45, 7) is 4.73. The van der Waals surface area contributed by atoms with Gasteiger partial charge in [-0.1, -0.05) is 178 Å². The van der Waals surface area contributed by atoms with E-state index in [-0.39, 0.29) is 5.41 Å². The second kappa shape index (κ2) is 11.5. The van der Waals surface area contributed by atoms with E-state index in [1.165, 1.54) is 55.3 Å². The molecule has 232 valence electrons. The molecule has 0 fully saturated rings. The number of hydrogen-bond acceptors (Lipinski definition) is 2. The minimum Gasteiger partial charge on any atom is -0.228 e. The lowest BCUT2D eigenvalue weighted by molar-refractivity contribution is 0.666. The van der Waals surface area contributed by atoms with E-state index in [2.05, 4.69) is 166 Å². The number of nitrogens with zero attached hydrogens (tertiary/aromatic N) is 2. The molecule has 0 unspecified atom stereocenters. The topological polar surface area (TPSA) is 25.8 Å². The highest BCUT2D eigenvalue weighted by atomic mass is 14.9. The van der Waals surface area contributed by atoms with Gasteiger partial charge in [0.15, 0.2) is 5.82 Å². The number of hydrogen-bond donors (Lipinski definition) is 0. The van der Waals surface area contributed by atoms with Crippen LogP contribution in [0.25, 0.3) is 78.1 Å². The number of rotatable bonds is 5. The van der Waals surface area contributed by atoms with Gasteiger partial charge in [0, 0.05) is 22.1 Å². The Bertz CT molecular complexity index is 2480. The van der Waals surface area contributed by atoms with E-state index >= 15 is 0 Å². The third-order valence-corrected chi connectivity index (χ3v) is 10.1. The lowest BCUT2D eigenvalue weighted by Crippen LogP contribution is -2.15. The number of fused-ring (bicyclic) bond motifs is 5. The molecule has 0 saturated heterocycles. The minimum absolute atomic E-state index is 0.194. The zero-order chi connectivity index (χ0) is 33.0. The van der Waals surface area contributed by atoms with Crippen molar-refractivity contribution in [3.8, 4) is 67.3 Å². The first-order chi connectivity index (χ1) is 24.1. The quantitative estimate of drug-likeness (QED) is 0.190. The lowest BCUT2D eigenvalue weighted by atomic mass is 9.79. The van der Waals surface area contributed by atoms with Crippen LogP contribution in [0.3, 0.4) is 0 Å². The van der Waals surface area contributed by atoms with Gasteiger partial charge >= 0.3 is 0 Å². The van der Waals surface area contributed by atoms with E-state index in [4.69, 9.17) is 9.97 Å². The molecule has 8 aromatic rings. The van der Waals surface area contributed by atoms with Crippen molar-refractivity contribution < 1.29 is 0 Å². The third kappa shape index (κ3) is 4.88. The summed E-state index contributed by atoms with van der Waals surface area (Å²) in [5.74, 6) is 0.723. The fraction of sp³-hybridized carbons (Fsp3) is 0.0638. The van der Waals surface area contributed by atoms with Crippen LogP contribution in [0.15, 0.2) is 170 Å². The molecule has 1 aliphatic rings. The zero-order valence-corrected chi connectivity index (χ0v) is 27.6. The average Bonchev–Trinajstić information content (AvgIpc) is 3.42. The van der Waals surface area contributed by atoms with Crippen LogP contribution in [-0.4, -0.2) is 9.97 Å². The molecular weight excluding hydrogens is 593 g/mol. The smallest absolute Gasteiger partial charge is 0.160 e. The van der Waals surface area contributed by atoms with Gasteiger partial charge in [0.05, 0.1) is 11.4 Å². The largest absolute Gasteiger partial charge is 0.228 e. The molecule has 0 saturated carbocycles. The Morgan fingerprint density at radius 2 is 0.959 bits per heavy atom. The fourth-order valence-corrected chi connectivity index (χ4v) is 7.73. The molecule has 9 rings (SSSR count). The second-order valence-corrected chi connectivity index (χ2v) is 13.4. The van der Waals surface area contributed by atoms with Crippen LogP contribution in [0.4, 0.5) is 0 Å². The Hall–Kier alpha value is -6.12. The molecule has 1 heterocycles. The van der Waals surface area contributed by atoms with Gasteiger partial charge in [-0.25, -0.2) is 9.97 Å². The van der Waals surface area contributed by atoms with Crippen LogP contribution in [0.5, 0.6) is 0 Å². The molecule has 7 aromatic carbocycles. The summed E-state index contributed by atoms with van der Waals surface area (Å²) in [4.78, 5) is 10.4. The number of aromatic nitrogens is 2. The monoisotopic (exact) mass is 626 g/mol. The van der Waals surface area contributed by atoms with Crippen molar-refractivity contribution in [1.82, 2.24) is 9.97 Å². The van der Waals surface area contributed by atoms with Gasteiger partial charge < -0.3 is 0 Å². The lowest BCUT2D eigenvalue weighted by Gasteiger charge is -2.24. The molecule has 0 atom stereocenters. The normalized spacial score (nSPS) is 12.9. The van der Waals surface area contributed by atoms with Crippen LogP contribution in [0.1, 0.15) is 25.0 Å². The van der Waals surface area contributed by atoms with Gasteiger partial charge in [0.1, 0.15) is 0 Å².